The number of hydrogen-bond donors (Lipinski definition) is 1. The van der Waals surface area contributed by atoms with Gasteiger partial charge >= 0.3 is 0 Å². The van der Waals surface area contributed by atoms with E-state index < -0.39 is 0 Å². The molecule has 0 unspecified atom stereocenters. The Kier molecular flexibility index (Phi) is 4.40. The minimum absolute atomic E-state index is 0.0508. The van der Waals surface area contributed by atoms with Gasteiger partial charge in [0.15, 0.2) is 17.2 Å². The number of carbonyl (C=O) groups excluding carboxylic acids is 2. The van der Waals surface area contributed by atoms with Gasteiger partial charge in [-0.25, -0.2) is 0 Å². The maximum absolute atomic E-state index is 12.6. The van der Waals surface area contributed by atoms with Gasteiger partial charge in [0.1, 0.15) is 5.69 Å². The zero-order valence-corrected chi connectivity index (χ0v) is 14.1. The van der Waals surface area contributed by atoms with Crippen molar-refractivity contribution >= 4 is 11.7 Å². The van der Waals surface area contributed by atoms with E-state index in [4.69, 9.17) is 8.83 Å². The van der Waals surface area contributed by atoms with Crippen LogP contribution in [0.2, 0.25) is 0 Å². The second-order valence-electron chi connectivity index (χ2n) is 6.11. The molecule has 0 spiro atoms. The molecule has 0 radical (unpaired) electrons. The van der Waals surface area contributed by atoms with E-state index in [-0.39, 0.29) is 11.7 Å². The van der Waals surface area contributed by atoms with Crippen molar-refractivity contribution in [2.24, 2.45) is 0 Å². The van der Waals surface area contributed by atoms with E-state index in [9.17, 15) is 9.59 Å². The second kappa shape index (κ2) is 7.01. The molecule has 0 aliphatic carbocycles. The average Bonchev–Trinajstić information content (AvgIpc) is 3.43. The molecule has 4 heterocycles. The summed E-state index contributed by atoms with van der Waals surface area (Å²) in [7, 11) is 0. The van der Waals surface area contributed by atoms with Gasteiger partial charge < -0.3 is 13.7 Å². The molecule has 134 valence electrons. The topological polar surface area (TPSA) is 95.6 Å². The van der Waals surface area contributed by atoms with Gasteiger partial charge in [-0.3, -0.25) is 19.6 Å². The van der Waals surface area contributed by atoms with Crippen LogP contribution in [0.5, 0.6) is 0 Å². The molecular formula is C18H18N4O4. The lowest BCUT2D eigenvalue weighted by Gasteiger charge is -2.33. The first-order valence-electron chi connectivity index (χ1n) is 8.38. The highest BCUT2D eigenvalue weighted by Crippen LogP contribution is 2.19. The molecule has 1 saturated heterocycles. The Hall–Kier alpha value is -3.13. The van der Waals surface area contributed by atoms with E-state index in [1.807, 2.05) is 4.90 Å². The van der Waals surface area contributed by atoms with Gasteiger partial charge in [0, 0.05) is 32.2 Å². The molecule has 4 rings (SSSR count). The summed E-state index contributed by atoms with van der Waals surface area (Å²) in [6.07, 6.45) is 3.06. The molecule has 1 amide bonds. The number of hydrogen-bond acceptors (Lipinski definition) is 6. The Labute approximate surface area is 149 Å². The van der Waals surface area contributed by atoms with E-state index in [1.165, 1.54) is 6.26 Å². The average molecular weight is 354 g/mol. The zero-order valence-electron chi connectivity index (χ0n) is 14.1. The van der Waals surface area contributed by atoms with E-state index in [1.54, 1.807) is 41.5 Å². The normalized spacial score (nSPS) is 15.3. The number of amides is 1. The minimum Gasteiger partial charge on any atom is -0.463 e. The molecule has 0 bridgehead atoms. The maximum atomic E-state index is 12.6. The Morgan fingerprint density at radius 3 is 2.54 bits per heavy atom. The fourth-order valence-electron chi connectivity index (χ4n) is 2.98. The Bertz CT molecular complexity index is 874. The first kappa shape index (κ1) is 16.3. The standard InChI is InChI=1S/C18H18N4O4/c23-15(17-4-2-10-26-17)12-21-5-7-22(8-6-21)18(24)14-11-13(19-20-14)16-3-1-9-25-16/h1-4,9-11H,5-8,12H2,(H,19,20). The fourth-order valence-corrected chi connectivity index (χ4v) is 2.98. The van der Waals surface area contributed by atoms with E-state index >= 15 is 0 Å². The molecule has 1 aliphatic heterocycles. The van der Waals surface area contributed by atoms with Crippen LogP contribution in [0.4, 0.5) is 0 Å². The van der Waals surface area contributed by atoms with Crippen molar-refractivity contribution in [3.63, 3.8) is 0 Å². The van der Waals surface area contributed by atoms with Gasteiger partial charge in [-0.15, -0.1) is 0 Å². The first-order valence-corrected chi connectivity index (χ1v) is 8.38. The quantitative estimate of drug-likeness (QED) is 0.703. The summed E-state index contributed by atoms with van der Waals surface area (Å²) in [5, 5.41) is 6.91. The predicted octanol–water partition coefficient (Wildman–Crippen LogP) is 1.90. The molecule has 3 aromatic heterocycles. The third-order valence-electron chi connectivity index (χ3n) is 4.41. The summed E-state index contributed by atoms with van der Waals surface area (Å²) < 4.78 is 10.4. The van der Waals surface area contributed by atoms with Crippen LogP contribution in [0.3, 0.4) is 0 Å². The third-order valence-corrected chi connectivity index (χ3v) is 4.41. The summed E-state index contributed by atoms with van der Waals surface area (Å²) in [5.74, 6) is 0.824. The molecule has 1 fully saturated rings. The molecule has 1 N–H and O–H groups in total. The van der Waals surface area contributed by atoms with E-state index in [0.717, 1.165) is 0 Å². The van der Waals surface area contributed by atoms with Crippen molar-refractivity contribution in [1.82, 2.24) is 20.0 Å². The highest BCUT2D eigenvalue weighted by molar-refractivity contribution is 5.95. The Morgan fingerprint density at radius 1 is 1.08 bits per heavy atom. The summed E-state index contributed by atoms with van der Waals surface area (Å²) in [6.45, 7) is 2.66. The lowest BCUT2D eigenvalue weighted by atomic mass is 10.2. The largest absolute Gasteiger partial charge is 0.463 e. The van der Waals surface area contributed by atoms with Crippen LogP contribution >= 0.6 is 0 Å². The minimum atomic E-state index is -0.129. The smallest absolute Gasteiger partial charge is 0.274 e. The van der Waals surface area contributed by atoms with E-state index in [2.05, 4.69) is 10.2 Å². The van der Waals surface area contributed by atoms with Gasteiger partial charge in [-0.05, 0) is 24.3 Å². The summed E-state index contributed by atoms with van der Waals surface area (Å²) in [5.41, 5.74) is 1.03. The highest BCUT2D eigenvalue weighted by atomic mass is 16.3. The predicted molar refractivity (Wildman–Crippen MR) is 91.7 cm³/mol. The Balaban J connectivity index is 1.33. The number of rotatable bonds is 5. The van der Waals surface area contributed by atoms with Crippen LogP contribution in [0, 0.1) is 0 Å². The van der Waals surface area contributed by atoms with E-state index in [0.29, 0.717) is 55.6 Å². The van der Waals surface area contributed by atoms with Gasteiger partial charge in [0.05, 0.1) is 19.1 Å². The SMILES string of the molecule is O=C(CN1CCN(C(=O)c2cc(-c3ccco3)[nH]n2)CC1)c1ccco1. The second-order valence-corrected chi connectivity index (χ2v) is 6.11. The number of aromatic amines is 1. The fraction of sp³-hybridized carbons (Fsp3) is 0.278. The molecule has 8 nitrogen and oxygen atoms in total. The molecule has 8 heteroatoms. The molecular weight excluding hydrogens is 336 g/mol. The number of Topliss-reactive ketones (excluding diaryl/α,β-unsaturated/α-hetero) is 1. The van der Waals surface area contributed by atoms with Crippen LogP contribution < -0.4 is 0 Å². The van der Waals surface area contributed by atoms with Crippen molar-refractivity contribution in [1.29, 1.82) is 0 Å². The Morgan fingerprint density at radius 2 is 1.85 bits per heavy atom. The van der Waals surface area contributed by atoms with Crippen molar-refractivity contribution < 1.29 is 18.4 Å². The molecule has 26 heavy (non-hydrogen) atoms. The molecule has 1 aliphatic rings. The number of furan rings is 2. The summed E-state index contributed by atoms with van der Waals surface area (Å²) in [4.78, 5) is 28.5. The van der Waals surface area contributed by atoms with Crippen molar-refractivity contribution in [2.45, 2.75) is 0 Å². The lowest BCUT2D eigenvalue weighted by Crippen LogP contribution is -2.50. The number of nitrogens with one attached hydrogen (secondary N) is 1. The van der Waals surface area contributed by atoms with Gasteiger partial charge in [-0.1, -0.05) is 0 Å². The molecule has 0 atom stereocenters. The first-order chi connectivity index (χ1) is 12.7. The zero-order chi connectivity index (χ0) is 17.9. The molecule has 0 saturated carbocycles. The summed E-state index contributed by atoms with van der Waals surface area (Å²) >= 11 is 0. The van der Waals surface area contributed by atoms with Crippen LogP contribution in [-0.4, -0.2) is 64.4 Å². The number of H-pyrrole nitrogens is 1. The van der Waals surface area contributed by atoms with Gasteiger partial charge in [0.25, 0.3) is 5.91 Å². The monoisotopic (exact) mass is 354 g/mol. The van der Waals surface area contributed by atoms with Crippen LogP contribution in [-0.2, 0) is 0 Å². The summed E-state index contributed by atoms with van der Waals surface area (Å²) in [6, 6.07) is 8.63. The lowest BCUT2D eigenvalue weighted by molar-refractivity contribution is 0.0615. The highest BCUT2D eigenvalue weighted by Gasteiger charge is 2.25. The van der Waals surface area contributed by atoms with Crippen molar-refractivity contribution in [3.8, 4) is 11.5 Å². The third kappa shape index (κ3) is 3.31. The van der Waals surface area contributed by atoms with Crippen LogP contribution in [0.25, 0.3) is 11.5 Å². The van der Waals surface area contributed by atoms with Crippen molar-refractivity contribution in [3.05, 3.63) is 54.3 Å². The number of ketones is 1. The number of nitrogens with zero attached hydrogens (tertiary/aromatic N) is 3. The molecule has 3 aromatic rings. The van der Waals surface area contributed by atoms with Crippen LogP contribution in [0.15, 0.2) is 51.7 Å². The van der Waals surface area contributed by atoms with Gasteiger partial charge in [-0.2, -0.15) is 5.10 Å². The number of aromatic nitrogens is 2. The van der Waals surface area contributed by atoms with Gasteiger partial charge in [0.2, 0.25) is 5.78 Å². The molecule has 0 aromatic carbocycles. The maximum Gasteiger partial charge on any atom is 0.274 e. The van der Waals surface area contributed by atoms with Crippen LogP contribution in [0.1, 0.15) is 21.0 Å². The number of piperazine rings is 1. The van der Waals surface area contributed by atoms with Crippen molar-refractivity contribution in [2.75, 3.05) is 32.7 Å². The number of carbonyl (C=O) groups is 2.